The van der Waals surface area contributed by atoms with Crippen molar-refractivity contribution in [3.8, 4) is 6.07 Å². The molecule has 20 heavy (non-hydrogen) atoms. The fourth-order valence-electron chi connectivity index (χ4n) is 2.61. The molecule has 0 aromatic heterocycles. The minimum Gasteiger partial charge on any atom is -0.192 e. The van der Waals surface area contributed by atoms with Crippen LogP contribution in [0.3, 0.4) is 0 Å². The summed E-state index contributed by atoms with van der Waals surface area (Å²) in [7, 11) is 0. The molecule has 0 unspecified atom stereocenters. The van der Waals surface area contributed by atoms with Gasteiger partial charge in [0.25, 0.3) is 0 Å². The molecule has 0 radical (unpaired) electrons. The van der Waals surface area contributed by atoms with E-state index < -0.39 is 0 Å². The fourth-order valence-corrected chi connectivity index (χ4v) is 2.61. The van der Waals surface area contributed by atoms with Gasteiger partial charge in [0.1, 0.15) is 0 Å². The first kappa shape index (κ1) is 12.7. The Balaban J connectivity index is 2.31. The molecule has 0 heterocycles. The zero-order valence-corrected chi connectivity index (χ0v) is 12.1. The topological polar surface area (TPSA) is 23.8 Å². The Morgan fingerprint density at radius 1 is 0.800 bits per heavy atom. The van der Waals surface area contributed by atoms with Gasteiger partial charge in [0.2, 0.25) is 0 Å². The van der Waals surface area contributed by atoms with E-state index in [9.17, 15) is 0 Å². The maximum absolute atomic E-state index is 8.99. The summed E-state index contributed by atoms with van der Waals surface area (Å²) in [6.07, 6.45) is 0. The molecule has 0 aliphatic rings. The lowest BCUT2D eigenvalue weighted by molar-refractivity contribution is 0.591. The Morgan fingerprint density at radius 2 is 1.40 bits per heavy atom. The highest BCUT2D eigenvalue weighted by molar-refractivity contribution is 6.07. The van der Waals surface area contributed by atoms with Gasteiger partial charge >= 0.3 is 0 Å². The Bertz CT molecular complexity index is 845. The van der Waals surface area contributed by atoms with E-state index in [4.69, 9.17) is 5.26 Å². The summed E-state index contributed by atoms with van der Waals surface area (Å²) in [4.78, 5) is 0. The molecule has 0 saturated heterocycles. The molecule has 0 saturated carbocycles. The molecule has 0 aliphatic carbocycles. The van der Waals surface area contributed by atoms with E-state index in [1.54, 1.807) is 0 Å². The van der Waals surface area contributed by atoms with Gasteiger partial charge in [-0.3, -0.25) is 0 Å². The SMILES string of the molecule is CC(C)(C)c1ccc2c(ccc3cc(C#N)ccc32)c1. The number of nitrogens with zero attached hydrogens (tertiary/aromatic N) is 1. The van der Waals surface area contributed by atoms with Gasteiger partial charge in [0.15, 0.2) is 0 Å². The lowest BCUT2D eigenvalue weighted by atomic mass is 9.85. The van der Waals surface area contributed by atoms with Crippen molar-refractivity contribution in [3.05, 3.63) is 59.7 Å². The summed E-state index contributed by atoms with van der Waals surface area (Å²) in [5, 5.41) is 13.8. The van der Waals surface area contributed by atoms with Crippen LogP contribution in [-0.2, 0) is 5.41 Å². The van der Waals surface area contributed by atoms with Crippen LogP contribution in [0.4, 0.5) is 0 Å². The van der Waals surface area contributed by atoms with E-state index in [2.05, 4.69) is 57.2 Å². The standard InChI is InChI=1S/C19H17N/c1-19(2,3)16-7-9-18-15(11-16)6-5-14-10-13(12-20)4-8-17(14)18/h4-11H,1-3H3. The van der Waals surface area contributed by atoms with Crippen LogP contribution in [0.2, 0.25) is 0 Å². The van der Waals surface area contributed by atoms with E-state index in [0.717, 1.165) is 5.39 Å². The van der Waals surface area contributed by atoms with Crippen molar-refractivity contribution in [2.75, 3.05) is 0 Å². The van der Waals surface area contributed by atoms with Gasteiger partial charge in [-0.25, -0.2) is 0 Å². The molecule has 0 spiro atoms. The van der Waals surface area contributed by atoms with Crippen LogP contribution >= 0.6 is 0 Å². The Kier molecular flexibility index (Phi) is 2.76. The summed E-state index contributed by atoms with van der Waals surface area (Å²) >= 11 is 0. The second-order valence-electron chi connectivity index (χ2n) is 6.30. The quantitative estimate of drug-likeness (QED) is 0.511. The number of hydrogen-bond donors (Lipinski definition) is 0. The van der Waals surface area contributed by atoms with Gasteiger partial charge in [-0.2, -0.15) is 5.26 Å². The van der Waals surface area contributed by atoms with Crippen LogP contribution in [0.15, 0.2) is 48.5 Å². The largest absolute Gasteiger partial charge is 0.192 e. The molecular weight excluding hydrogens is 242 g/mol. The molecular formula is C19H17N. The molecule has 0 N–H and O–H groups in total. The summed E-state index contributed by atoms with van der Waals surface area (Å²) in [5.41, 5.74) is 2.22. The van der Waals surface area contributed by atoms with E-state index in [1.807, 2.05) is 18.2 Å². The second-order valence-corrected chi connectivity index (χ2v) is 6.30. The predicted molar refractivity (Wildman–Crippen MR) is 84.9 cm³/mol. The van der Waals surface area contributed by atoms with Crippen LogP contribution < -0.4 is 0 Å². The van der Waals surface area contributed by atoms with Crippen molar-refractivity contribution < 1.29 is 0 Å². The fraction of sp³-hybridized carbons (Fsp3) is 0.211. The minimum atomic E-state index is 0.161. The molecule has 0 fully saturated rings. The molecule has 0 aliphatic heterocycles. The highest BCUT2D eigenvalue weighted by Gasteiger charge is 2.14. The van der Waals surface area contributed by atoms with Gasteiger partial charge in [-0.1, -0.05) is 57.2 Å². The van der Waals surface area contributed by atoms with Crippen LogP contribution in [0, 0.1) is 11.3 Å². The van der Waals surface area contributed by atoms with E-state index >= 15 is 0 Å². The lowest BCUT2D eigenvalue weighted by Crippen LogP contribution is -2.10. The number of nitriles is 1. The van der Waals surface area contributed by atoms with Crippen molar-refractivity contribution in [2.24, 2.45) is 0 Å². The monoisotopic (exact) mass is 259 g/mol. The number of benzene rings is 3. The molecule has 0 amide bonds. The maximum Gasteiger partial charge on any atom is 0.0991 e. The van der Waals surface area contributed by atoms with Gasteiger partial charge in [0, 0.05) is 0 Å². The predicted octanol–water partition coefficient (Wildman–Crippen LogP) is 5.16. The molecule has 1 heteroatoms. The first-order valence-corrected chi connectivity index (χ1v) is 6.86. The number of hydrogen-bond acceptors (Lipinski definition) is 1. The third-order valence-electron chi connectivity index (χ3n) is 3.83. The first-order chi connectivity index (χ1) is 9.49. The molecule has 98 valence electrons. The highest BCUT2D eigenvalue weighted by Crippen LogP contribution is 2.30. The lowest BCUT2D eigenvalue weighted by Gasteiger charge is -2.19. The second kappa shape index (κ2) is 4.35. The minimum absolute atomic E-state index is 0.161. The summed E-state index contributed by atoms with van der Waals surface area (Å²) in [5.74, 6) is 0. The molecule has 0 atom stereocenters. The zero-order chi connectivity index (χ0) is 14.3. The van der Waals surface area contributed by atoms with Crippen molar-refractivity contribution in [3.63, 3.8) is 0 Å². The first-order valence-electron chi connectivity index (χ1n) is 6.86. The number of rotatable bonds is 0. The van der Waals surface area contributed by atoms with Gasteiger partial charge in [-0.15, -0.1) is 0 Å². The molecule has 3 aromatic carbocycles. The average molecular weight is 259 g/mol. The Morgan fingerprint density at radius 3 is 2.00 bits per heavy atom. The van der Waals surface area contributed by atoms with Crippen molar-refractivity contribution in [1.29, 1.82) is 5.26 Å². The molecule has 3 aromatic rings. The summed E-state index contributed by atoms with van der Waals surface area (Å²) < 4.78 is 0. The molecule has 3 rings (SSSR count). The smallest absolute Gasteiger partial charge is 0.0991 e. The third kappa shape index (κ3) is 2.04. The van der Waals surface area contributed by atoms with Crippen LogP contribution in [-0.4, -0.2) is 0 Å². The van der Waals surface area contributed by atoms with Gasteiger partial charge in [0.05, 0.1) is 11.6 Å². The van der Waals surface area contributed by atoms with Gasteiger partial charge < -0.3 is 0 Å². The van der Waals surface area contributed by atoms with Crippen LogP contribution in [0.5, 0.6) is 0 Å². The maximum atomic E-state index is 8.99. The molecule has 1 nitrogen and oxygen atoms in total. The van der Waals surface area contributed by atoms with Crippen molar-refractivity contribution >= 4 is 21.5 Å². The van der Waals surface area contributed by atoms with Crippen LogP contribution in [0.25, 0.3) is 21.5 Å². The molecule has 0 bridgehead atoms. The number of fused-ring (bicyclic) bond motifs is 3. The zero-order valence-electron chi connectivity index (χ0n) is 12.1. The average Bonchev–Trinajstić information content (AvgIpc) is 2.44. The van der Waals surface area contributed by atoms with Gasteiger partial charge in [-0.05, 0) is 44.7 Å². The van der Waals surface area contributed by atoms with Crippen molar-refractivity contribution in [1.82, 2.24) is 0 Å². The Labute approximate surface area is 119 Å². The van der Waals surface area contributed by atoms with E-state index in [0.29, 0.717) is 5.56 Å². The third-order valence-corrected chi connectivity index (χ3v) is 3.83. The highest BCUT2D eigenvalue weighted by atomic mass is 14.2. The Hall–Kier alpha value is -2.33. The van der Waals surface area contributed by atoms with Crippen LogP contribution in [0.1, 0.15) is 31.9 Å². The van der Waals surface area contributed by atoms with E-state index in [1.165, 1.54) is 21.7 Å². The van der Waals surface area contributed by atoms with Crippen molar-refractivity contribution in [2.45, 2.75) is 26.2 Å². The van der Waals surface area contributed by atoms with E-state index in [-0.39, 0.29) is 5.41 Å². The summed E-state index contributed by atoms with van der Waals surface area (Å²) in [6, 6.07) is 19.0. The summed E-state index contributed by atoms with van der Waals surface area (Å²) in [6.45, 7) is 6.69. The normalized spacial score (nSPS) is 11.7.